The molecule has 21 heavy (non-hydrogen) atoms. The van der Waals surface area contributed by atoms with Gasteiger partial charge in [-0.15, -0.1) is 0 Å². The lowest BCUT2D eigenvalue weighted by atomic mass is 10.1. The zero-order valence-corrected chi connectivity index (χ0v) is 12.2. The third-order valence-electron chi connectivity index (χ3n) is 3.27. The molecular weight excluding hydrogens is 269 g/mol. The average Bonchev–Trinajstić information content (AvgIpc) is 2.52. The molecule has 110 valence electrons. The number of ether oxygens (including phenoxy) is 1. The second kappa shape index (κ2) is 6.88. The van der Waals surface area contributed by atoms with Crippen molar-refractivity contribution in [2.24, 2.45) is 0 Å². The Balaban J connectivity index is 2.22. The van der Waals surface area contributed by atoms with Gasteiger partial charge >= 0.3 is 0 Å². The van der Waals surface area contributed by atoms with Crippen LogP contribution in [0, 0.1) is 5.82 Å². The van der Waals surface area contributed by atoms with E-state index in [0.29, 0.717) is 24.4 Å². The highest BCUT2D eigenvalue weighted by atomic mass is 19.1. The molecular formula is C17H18FNO2. The van der Waals surface area contributed by atoms with Crippen LogP contribution < -0.4 is 4.74 Å². The number of halogens is 1. The summed E-state index contributed by atoms with van der Waals surface area (Å²) in [5, 5.41) is 0. The summed E-state index contributed by atoms with van der Waals surface area (Å²) in [6.07, 6.45) is 0. The SMILES string of the molecule is CCN(Cc1cccc(F)c1)C(=O)c1ccccc1OC. The molecule has 3 nitrogen and oxygen atoms in total. The maximum absolute atomic E-state index is 13.2. The van der Waals surface area contributed by atoms with Gasteiger partial charge < -0.3 is 9.64 Å². The summed E-state index contributed by atoms with van der Waals surface area (Å²) in [7, 11) is 1.54. The molecule has 0 aliphatic heterocycles. The standard InChI is InChI=1S/C17H18FNO2/c1-3-19(12-13-7-6-8-14(18)11-13)17(20)15-9-4-5-10-16(15)21-2/h4-11H,3,12H2,1-2H3. The first kappa shape index (κ1) is 15.0. The van der Waals surface area contributed by atoms with E-state index in [4.69, 9.17) is 4.74 Å². The van der Waals surface area contributed by atoms with Gasteiger partial charge in [-0.25, -0.2) is 4.39 Å². The molecule has 0 aromatic heterocycles. The summed E-state index contributed by atoms with van der Waals surface area (Å²) in [5.41, 5.74) is 1.28. The summed E-state index contributed by atoms with van der Waals surface area (Å²) in [6, 6.07) is 13.4. The highest BCUT2D eigenvalue weighted by Gasteiger charge is 2.18. The fraction of sp³-hybridized carbons (Fsp3) is 0.235. The number of carbonyl (C=O) groups is 1. The first-order chi connectivity index (χ1) is 10.2. The summed E-state index contributed by atoms with van der Waals surface area (Å²) in [6.45, 7) is 2.80. The Morgan fingerprint density at radius 2 is 1.95 bits per heavy atom. The third-order valence-corrected chi connectivity index (χ3v) is 3.27. The second-order valence-electron chi connectivity index (χ2n) is 4.65. The number of hydrogen-bond donors (Lipinski definition) is 0. The van der Waals surface area contributed by atoms with Crippen LogP contribution in [0.3, 0.4) is 0 Å². The fourth-order valence-electron chi connectivity index (χ4n) is 2.17. The van der Waals surface area contributed by atoms with Gasteiger partial charge in [0.2, 0.25) is 0 Å². The van der Waals surface area contributed by atoms with E-state index in [1.807, 2.05) is 13.0 Å². The molecule has 0 saturated heterocycles. The van der Waals surface area contributed by atoms with E-state index >= 15 is 0 Å². The zero-order chi connectivity index (χ0) is 15.2. The van der Waals surface area contributed by atoms with Crippen LogP contribution in [0.5, 0.6) is 5.75 Å². The Morgan fingerprint density at radius 3 is 2.62 bits per heavy atom. The van der Waals surface area contributed by atoms with E-state index in [1.165, 1.54) is 19.2 Å². The number of amides is 1. The molecule has 2 aromatic rings. The van der Waals surface area contributed by atoms with Crippen molar-refractivity contribution in [2.45, 2.75) is 13.5 Å². The van der Waals surface area contributed by atoms with E-state index in [2.05, 4.69) is 0 Å². The van der Waals surface area contributed by atoms with Gasteiger partial charge in [-0.3, -0.25) is 4.79 Å². The minimum absolute atomic E-state index is 0.126. The van der Waals surface area contributed by atoms with Crippen molar-refractivity contribution >= 4 is 5.91 Å². The Hall–Kier alpha value is -2.36. The van der Waals surface area contributed by atoms with Gasteiger partial charge in [0, 0.05) is 13.1 Å². The molecule has 1 amide bonds. The van der Waals surface area contributed by atoms with E-state index in [1.54, 1.807) is 35.2 Å². The molecule has 0 aliphatic carbocycles. The number of carbonyl (C=O) groups excluding carboxylic acids is 1. The van der Waals surface area contributed by atoms with Crippen molar-refractivity contribution in [1.29, 1.82) is 0 Å². The molecule has 0 heterocycles. The quantitative estimate of drug-likeness (QED) is 0.842. The number of para-hydroxylation sites is 1. The van der Waals surface area contributed by atoms with Gasteiger partial charge in [-0.2, -0.15) is 0 Å². The van der Waals surface area contributed by atoms with Crippen molar-refractivity contribution in [3.05, 3.63) is 65.5 Å². The molecule has 0 saturated carbocycles. The molecule has 2 rings (SSSR count). The van der Waals surface area contributed by atoms with Gasteiger partial charge in [-0.1, -0.05) is 24.3 Å². The van der Waals surface area contributed by atoms with Crippen LogP contribution in [0.2, 0.25) is 0 Å². The van der Waals surface area contributed by atoms with Crippen LogP contribution >= 0.6 is 0 Å². The first-order valence-corrected chi connectivity index (χ1v) is 6.82. The van der Waals surface area contributed by atoms with E-state index in [-0.39, 0.29) is 11.7 Å². The maximum atomic E-state index is 13.2. The van der Waals surface area contributed by atoms with Crippen LogP contribution in [0.25, 0.3) is 0 Å². The second-order valence-corrected chi connectivity index (χ2v) is 4.65. The van der Waals surface area contributed by atoms with Gasteiger partial charge in [0.15, 0.2) is 0 Å². The molecule has 0 unspecified atom stereocenters. The number of nitrogens with zero attached hydrogens (tertiary/aromatic N) is 1. The molecule has 0 bridgehead atoms. The Kier molecular flexibility index (Phi) is 4.93. The van der Waals surface area contributed by atoms with Gasteiger partial charge in [0.1, 0.15) is 11.6 Å². The Labute approximate surface area is 124 Å². The van der Waals surface area contributed by atoms with E-state index in [0.717, 1.165) is 5.56 Å². The third kappa shape index (κ3) is 3.60. The maximum Gasteiger partial charge on any atom is 0.257 e. The number of hydrogen-bond acceptors (Lipinski definition) is 2. The summed E-state index contributed by atoms with van der Waals surface area (Å²) in [4.78, 5) is 14.3. The fourth-order valence-corrected chi connectivity index (χ4v) is 2.17. The highest BCUT2D eigenvalue weighted by Crippen LogP contribution is 2.20. The normalized spacial score (nSPS) is 10.2. The van der Waals surface area contributed by atoms with Crippen LogP contribution in [0.1, 0.15) is 22.8 Å². The molecule has 0 aliphatic rings. The van der Waals surface area contributed by atoms with Crippen molar-refractivity contribution in [3.63, 3.8) is 0 Å². The van der Waals surface area contributed by atoms with Crippen LogP contribution in [0.15, 0.2) is 48.5 Å². The molecule has 4 heteroatoms. The zero-order valence-electron chi connectivity index (χ0n) is 12.2. The van der Waals surface area contributed by atoms with Gasteiger partial charge in [-0.05, 0) is 36.8 Å². The predicted molar refractivity (Wildman–Crippen MR) is 79.8 cm³/mol. The molecule has 0 radical (unpaired) electrons. The van der Waals surface area contributed by atoms with E-state index in [9.17, 15) is 9.18 Å². The topological polar surface area (TPSA) is 29.5 Å². The lowest BCUT2D eigenvalue weighted by Gasteiger charge is -2.22. The number of methoxy groups -OCH3 is 1. The number of benzene rings is 2. The molecule has 0 atom stereocenters. The van der Waals surface area contributed by atoms with Crippen molar-refractivity contribution < 1.29 is 13.9 Å². The molecule has 0 N–H and O–H groups in total. The first-order valence-electron chi connectivity index (χ1n) is 6.82. The average molecular weight is 287 g/mol. The van der Waals surface area contributed by atoms with Crippen LogP contribution in [-0.2, 0) is 6.54 Å². The number of rotatable bonds is 5. The van der Waals surface area contributed by atoms with Crippen molar-refractivity contribution in [1.82, 2.24) is 4.90 Å². The lowest BCUT2D eigenvalue weighted by Crippen LogP contribution is -2.30. The minimum Gasteiger partial charge on any atom is -0.496 e. The smallest absolute Gasteiger partial charge is 0.257 e. The summed E-state index contributed by atoms with van der Waals surface area (Å²) in [5.74, 6) is 0.118. The van der Waals surface area contributed by atoms with Crippen LogP contribution in [-0.4, -0.2) is 24.5 Å². The van der Waals surface area contributed by atoms with Gasteiger partial charge in [0.25, 0.3) is 5.91 Å². The largest absolute Gasteiger partial charge is 0.496 e. The molecule has 0 fully saturated rings. The van der Waals surface area contributed by atoms with E-state index < -0.39 is 0 Å². The minimum atomic E-state index is -0.298. The monoisotopic (exact) mass is 287 g/mol. The van der Waals surface area contributed by atoms with Gasteiger partial charge in [0.05, 0.1) is 12.7 Å². The molecule has 2 aromatic carbocycles. The summed E-state index contributed by atoms with van der Waals surface area (Å²) < 4.78 is 18.5. The Bertz CT molecular complexity index is 628. The Morgan fingerprint density at radius 1 is 1.19 bits per heavy atom. The lowest BCUT2D eigenvalue weighted by molar-refractivity contribution is 0.0749. The van der Waals surface area contributed by atoms with Crippen molar-refractivity contribution in [2.75, 3.05) is 13.7 Å². The van der Waals surface area contributed by atoms with Crippen molar-refractivity contribution in [3.8, 4) is 5.75 Å². The summed E-state index contributed by atoms with van der Waals surface area (Å²) >= 11 is 0. The molecule has 0 spiro atoms. The van der Waals surface area contributed by atoms with Crippen LogP contribution in [0.4, 0.5) is 4.39 Å². The predicted octanol–water partition coefficient (Wildman–Crippen LogP) is 3.50. The highest BCUT2D eigenvalue weighted by molar-refractivity contribution is 5.96.